The molecule has 0 saturated carbocycles. The minimum Gasteiger partial charge on any atom is -0.465 e. The molecule has 0 atom stereocenters. The Morgan fingerprint density at radius 3 is 2.76 bits per heavy atom. The first-order valence-corrected chi connectivity index (χ1v) is 7.37. The van der Waals surface area contributed by atoms with Crippen molar-refractivity contribution in [2.24, 2.45) is 4.99 Å². The van der Waals surface area contributed by atoms with Crippen molar-refractivity contribution in [3.05, 3.63) is 35.4 Å². The topological polar surface area (TPSA) is 55.1 Å². The highest BCUT2D eigenvalue weighted by Crippen LogP contribution is 2.03. The molecular weight excluding hydrogens is 266 g/mol. The summed E-state index contributed by atoms with van der Waals surface area (Å²) in [6, 6.07) is 7.76. The normalized spacial score (nSPS) is 11.6. The van der Waals surface area contributed by atoms with Gasteiger partial charge in [0.15, 0.2) is 0 Å². The van der Waals surface area contributed by atoms with E-state index in [1.165, 1.54) is 4.90 Å². The number of aryl methyl sites for hydroxylation is 1. The molecule has 0 aromatic heterocycles. The van der Waals surface area contributed by atoms with Crippen LogP contribution < -0.4 is 10.2 Å². The number of ether oxygens (including phenoxy) is 1. The third-order valence-corrected chi connectivity index (χ3v) is 2.81. The van der Waals surface area contributed by atoms with Gasteiger partial charge in [-0.05, 0) is 25.5 Å². The van der Waals surface area contributed by atoms with E-state index in [1.54, 1.807) is 6.07 Å². The van der Waals surface area contributed by atoms with Crippen LogP contribution in [0.5, 0.6) is 0 Å². The van der Waals surface area contributed by atoms with Gasteiger partial charge in [-0.25, -0.2) is 4.99 Å². The third-order valence-electron chi connectivity index (χ3n) is 2.81. The first-order valence-electron chi connectivity index (χ1n) is 7.37. The monoisotopic (exact) mass is 292 g/mol. The molecule has 0 aliphatic rings. The predicted molar refractivity (Wildman–Crippen MR) is 84.9 cm³/mol. The van der Waals surface area contributed by atoms with Crippen molar-refractivity contribution in [3.63, 3.8) is 0 Å². The van der Waals surface area contributed by atoms with Gasteiger partial charge >= 0.3 is 0 Å². The minimum atomic E-state index is -0.189. The van der Waals surface area contributed by atoms with Crippen LogP contribution in [0.3, 0.4) is 0 Å². The fourth-order valence-electron chi connectivity index (χ4n) is 1.66. The number of hydrogen-bond acceptors (Lipinski definition) is 3. The highest BCUT2D eigenvalue weighted by atomic mass is 16.5. The van der Waals surface area contributed by atoms with Crippen LogP contribution in [0.1, 0.15) is 29.3 Å². The van der Waals surface area contributed by atoms with Gasteiger partial charge in [-0.3, -0.25) is 10.1 Å². The second kappa shape index (κ2) is 9.13. The Morgan fingerprint density at radius 2 is 2.14 bits per heavy atom. The summed E-state index contributed by atoms with van der Waals surface area (Å²) in [4.78, 5) is 17.8. The summed E-state index contributed by atoms with van der Waals surface area (Å²) < 4.78 is 5.50. The molecule has 0 unspecified atom stereocenters. The Morgan fingerprint density at radius 1 is 1.38 bits per heavy atom. The number of aliphatic imine (C=N–C) groups is 1. The molecule has 2 N–H and O–H groups in total. The van der Waals surface area contributed by atoms with Crippen LogP contribution in [-0.2, 0) is 4.74 Å². The SMILES string of the molecule is CCCOC(=NCC[NH+](C)C)NC(=O)c1cccc(C)c1. The molecular formula is C16H26N3O2+. The molecule has 1 amide bonds. The summed E-state index contributed by atoms with van der Waals surface area (Å²) >= 11 is 0. The zero-order valence-corrected chi connectivity index (χ0v) is 13.4. The quantitative estimate of drug-likeness (QED) is 0.597. The Hall–Kier alpha value is -1.88. The Kier molecular flexibility index (Phi) is 7.46. The molecule has 0 saturated heterocycles. The summed E-state index contributed by atoms with van der Waals surface area (Å²) in [5.74, 6) is -0.189. The van der Waals surface area contributed by atoms with Crippen molar-refractivity contribution in [2.75, 3.05) is 33.8 Å². The van der Waals surface area contributed by atoms with E-state index in [2.05, 4.69) is 24.4 Å². The number of rotatable bonds is 6. The smallest absolute Gasteiger partial charge is 0.291 e. The van der Waals surface area contributed by atoms with Gasteiger partial charge in [-0.2, -0.15) is 0 Å². The Balaban J connectivity index is 2.68. The van der Waals surface area contributed by atoms with Gasteiger partial charge in [-0.15, -0.1) is 0 Å². The molecule has 1 aromatic rings. The van der Waals surface area contributed by atoms with Crippen LogP contribution in [0.25, 0.3) is 0 Å². The standard InChI is InChI=1S/C16H25N3O2/c1-5-11-21-16(17-9-10-19(3)4)18-15(20)14-8-6-7-13(2)12-14/h6-8,12H,5,9-11H2,1-4H3,(H,17,18,20)/p+1. The van der Waals surface area contributed by atoms with Crippen LogP contribution in [0.2, 0.25) is 0 Å². The predicted octanol–water partition coefficient (Wildman–Crippen LogP) is 0.652. The van der Waals surface area contributed by atoms with E-state index in [4.69, 9.17) is 4.74 Å². The maximum absolute atomic E-state index is 12.2. The maximum atomic E-state index is 12.2. The highest BCUT2D eigenvalue weighted by Gasteiger charge is 2.10. The molecule has 0 aliphatic carbocycles. The fourth-order valence-corrected chi connectivity index (χ4v) is 1.66. The van der Waals surface area contributed by atoms with Crippen LogP contribution >= 0.6 is 0 Å². The molecule has 1 aromatic carbocycles. The molecule has 5 nitrogen and oxygen atoms in total. The van der Waals surface area contributed by atoms with E-state index in [0.29, 0.717) is 24.7 Å². The fraction of sp³-hybridized carbons (Fsp3) is 0.500. The minimum absolute atomic E-state index is 0.189. The lowest BCUT2D eigenvalue weighted by Gasteiger charge is -2.11. The molecule has 0 fully saturated rings. The van der Waals surface area contributed by atoms with Gasteiger partial charge in [-0.1, -0.05) is 24.6 Å². The van der Waals surface area contributed by atoms with Gasteiger partial charge in [0.25, 0.3) is 11.9 Å². The van der Waals surface area contributed by atoms with Crippen molar-refractivity contribution in [2.45, 2.75) is 20.3 Å². The van der Waals surface area contributed by atoms with E-state index < -0.39 is 0 Å². The van der Waals surface area contributed by atoms with Crippen molar-refractivity contribution >= 4 is 11.9 Å². The molecule has 0 heterocycles. The lowest BCUT2D eigenvalue weighted by atomic mass is 10.1. The van der Waals surface area contributed by atoms with E-state index in [-0.39, 0.29) is 5.91 Å². The molecule has 0 spiro atoms. The van der Waals surface area contributed by atoms with E-state index in [0.717, 1.165) is 18.5 Å². The third kappa shape index (κ3) is 6.90. The number of carbonyl (C=O) groups is 1. The molecule has 0 aliphatic heterocycles. The van der Waals surface area contributed by atoms with E-state index >= 15 is 0 Å². The van der Waals surface area contributed by atoms with Crippen LogP contribution in [0.4, 0.5) is 0 Å². The number of carbonyl (C=O) groups excluding carboxylic acids is 1. The number of nitrogens with zero attached hydrogens (tertiary/aromatic N) is 1. The average molecular weight is 292 g/mol. The molecule has 21 heavy (non-hydrogen) atoms. The maximum Gasteiger partial charge on any atom is 0.291 e. The summed E-state index contributed by atoms with van der Waals surface area (Å²) in [6.45, 7) is 6.03. The van der Waals surface area contributed by atoms with E-state index in [1.807, 2.05) is 32.0 Å². The van der Waals surface area contributed by atoms with Gasteiger partial charge in [0.2, 0.25) is 0 Å². The van der Waals surface area contributed by atoms with Gasteiger partial charge < -0.3 is 9.64 Å². The second-order valence-corrected chi connectivity index (χ2v) is 5.32. The number of amidine groups is 1. The summed E-state index contributed by atoms with van der Waals surface area (Å²) in [5.41, 5.74) is 1.66. The highest BCUT2D eigenvalue weighted by molar-refractivity contribution is 6.04. The van der Waals surface area contributed by atoms with Gasteiger partial charge in [0.05, 0.1) is 33.8 Å². The number of likely N-dealkylation sites (N-methyl/N-ethyl adjacent to an activating group) is 1. The molecule has 1 rings (SSSR count). The largest absolute Gasteiger partial charge is 0.465 e. The van der Waals surface area contributed by atoms with Crippen LogP contribution in [0.15, 0.2) is 29.3 Å². The molecule has 5 heteroatoms. The zero-order chi connectivity index (χ0) is 15.7. The zero-order valence-electron chi connectivity index (χ0n) is 13.4. The number of benzene rings is 1. The molecule has 116 valence electrons. The molecule has 0 radical (unpaired) electrons. The van der Waals surface area contributed by atoms with Crippen molar-refractivity contribution < 1.29 is 14.4 Å². The summed E-state index contributed by atoms with van der Waals surface area (Å²) in [5, 5.41) is 2.75. The average Bonchev–Trinajstić information content (AvgIpc) is 2.44. The summed E-state index contributed by atoms with van der Waals surface area (Å²) in [7, 11) is 4.13. The lowest BCUT2D eigenvalue weighted by molar-refractivity contribution is -0.856. The Bertz CT molecular complexity index is 484. The van der Waals surface area contributed by atoms with Crippen LogP contribution in [0, 0.1) is 6.92 Å². The van der Waals surface area contributed by atoms with Gasteiger partial charge in [0, 0.05) is 5.56 Å². The first-order chi connectivity index (χ1) is 10.0. The lowest BCUT2D eigenvalue weighted by Crippen LogP contribution is -3.06. The van der Waals surface area contributed by atoms with Crippen LogP contribution in [-0.4, -0.2) is 45.7 Å². The van der Waals surface area contributed by atoms with E-state index in [9.17, 15) is 4.79 Å². The number of amides is 1. The van der Waals surface area contributed by atoms with Crippen molar-refractivity contribution in [1.29, 1.82) is 0 Å². The van der Waals surface area contributed by atoms with Crippen molar-refractivity contribution in [1.82, 2.24) is 5.32 Å². The second-order valence-electron chi connectivity index (χ2n) is 5.32. The van der Waals surface area contributed by atoms with Crippen molar-refractivity contribution in [3.8, 4) is 0 Å². The number of nitrogens with one attached hydrogen (secondary N) is 2. The summed E-state index contributed by atoms with van der Waals surface area (Å²) in [6.07, 6.45) is 0.873. The van der Waals surface area contributed by atoms with Gasteiger partial charge in [0.1, 0.15) is 0 Å². The first kappa shape index (κ1) is 17.2. The number of quaternary nitrogens is 1. The Labute approximate surface area is 127 Å². The number of hydrogen-bond donors (Lipinski definition) is 2. The molecule has 0 bridgehead atoms.